The Kier molecular flexibility index (Phi) is 4.77. The zero-order valence-electron chi connectivity index (χ0n) is 13.5. The van der Waals surface area contributed by atoms with Gasteiger partial charge < -0.3 is 15.2 Å². The highest BCUT2D eigenvalue weighted by Gasteiger charge is 2.19. The van der Waals surface area contributed by atoms with Gasteiger partial charge in [-0.3, -0.25) is 9.59 Å². The Bertz CT molecular complexity index is 759. The van der Waals surface area contributed by atoms with E-state index in [9.17, 15) is 9.59 Å². The van der Waals surface area contributed by atoms with Crippen molar-refractivity contribution in [3.05, 3.63) is 27.1 Å². The first kappa shape index (κ1) is 16.1. The third kappa shape index (κ3) is 3.45. The Hall–Kier alpha value is -1.73. The van der Waals surface area contributed by atoms with Gasteiger partial charge in [-0.25, -0.2) is 4.98 Å². The number of nitrogens with one attached hydrogen (secondary N) is 2. The number of rotatable bonds is 4. The molecule has 124 valence electrons. The van der Waals surface area contributed by atoms with Gasteiger partial charge in [0.25, 0.3) is 11.5 Å². The van der Waals surface area contributed by atoms with Gasteiger partial charge in [0, 0.05) is 13.1 Å². The van der Waals surface area contributed by atoms with Gasteiger partial charge in [-0.15, -0.1) is 11.3 Å². The number of thiophene rings is 1. The standard InChI is InChI=1S/C16H22N4O2S/c1-10-3-6-20(7-4-10)8-5-17-15(22)13-11(2)12-14(21)18-9-19-16(12)23-13/h9-10H,3-8H2,1-2H3,(H,17,22)(H,18,19,21). The van der Waals surface area contributed by atoms with E-state index in [1.165, 1.54) is 30.5 Å². The molecule has 0 saturated carbocycles. The molecule has 0 atom stereocenters. The molecule has 6 nitrogen and oxygen atoms in total. The minimum absolute atomic E-state index is 0.115. The molecule has 2 N–H and O–H groups in total. The average Bonchev–Trinajstić information content (AvgIpc) is 2.88. The molecule has 0 aliphatic carbocycles. The summed E-state index contributed by atoms with van der Waals surface area (Å²) in [7, 11) is 0. The van der Waals surface area contributed by atoms with Crippen molar-refractivity contribution in [2.24, 2.45) is 5.92 Å². The largest absolute Gasteiger partial charge is 0.350 e. The van der Waals surface area contributed by atoms with Crippen molar-refractivity contribution in [1.82, 2.24) is 20.2 Å². The number of carbonyl (C=O) groups is 1. The number of carbonyl (C=O) groups excluding carboxylic acids is 1. The van der Waals surface area contributed by atoms with E-state index in [1.807, 2.05) is 0 Å². The van der Waals surface area contributed by atoms with Crippen LogP contribution in [0.5, 0.6) is 0 Å². The highest BCUT2D eigenvalue weighted by Crippen LogP contribution is 2.26. The number of likely N-dealkylation sites (tertiary alicyclic amines) is 1. The van der Waals surface area contributed by atoms with Crippen molar-refractivity contribution < 1.29 is 4.79 Å². The number of aromatic nitrogens is 2. The number of H-pyrrole nitrogens is 1. The van der Waals surface area contributed by atoms with E-state index in [2.05, 4.69) is 27.1 Å². The molecule has 1 aliphatic rings. The van der Waals surface area contributed by atoms with Crippen LogP contribution in [0.1, 0.15) is 35.0 Å². The second kappa shape index (κ2) is 6.80. The lowest BCUT2D eigenvalue weighted by Gasteiger charge is -2.30. The molecular formula is C16H22N4O2S. The van der Waals surface area contributed by atoms with Crippen molar-refractivity contribution in [3.8, 4) is 0 Å². The van der Waals surface area contributed by atoms with Gasteiger partial charge in [0.05, 0.1) is 16.6 Å². The fourth-order valence-corrected chi connectivity index (χ4v) is 4.05. The summed E-state index contributed by atoms with van der Waals surface area (Å²) in [5.41, 5.74) is 0.522. The first-order valence-corrected chi connectivity index (χ1v) is 8.85. The minimum atomic E-state index is -0.190. The molecule has 0 unspecified atom stereocenters. The number of aryl methyl sites for hydroxylation is 1. The van der Waals surface area contributed by atoms with Crippen molar-refractivity contribution in [1.29, 1.82) is 0 Å². The van der Waals surface area contributed by atoms with Crippen LogP contribution in [0, 0.1) is 12.8 Å². The lowest BCUT2D eigenvalue weighted by atomic mass is 9.99. The normalized spacial score (nSPS) is 16.8. The van der Waals surface area contributed by atoms with Gasteiger partial charge in [-0.05, 0) is 44.3 Å². The van der Waals surface area contributed by atoms with Gasteiger partial charge in [0.1, 0.15) is 4.83 Å². The molecule has 1 aliphatic heterocycles. The quantitative estimate of drug-likeness (QED) is 0.893. The van der Waals surface area contributed by atoms with Crippen molar-refractivity contribution >= 4 is 27.5 Å². The van der Waals surface area contributed by atoms with Gasteiger partial charge >= 0.3 is 0 Å². The Morgan fingerprint density at radius 2 is 2.22 bits per heavy atom. The van der Waals surface area contributed by atoms with E-state index < -0.39 is 0 Å². The fraction of sp³-hybridized carbons (Fsp3) is 0.562. The number of amides is 1. The van der Waals surface area contributed by atoms with Crippen LogP contribution in [0.15, 0.2) is 11.1 Å². The third-order valence-electron chi connectivity index (χ3n) is 4.53. The number of aromatic amines is 1. The third-order valence-corrected chi connectivity index (χ3v) is 5.73. The fourth-order valence-electron chi connectivity index (χ4n) is 2.99. The molecule has 2 aromatic heterocycles. The smallest absolute Gasteiger partial charge is 0.261 e. The molecule has 0 bridgehead atoms. The molecule has 23 heavy (non-hydrogen) atoms. The zero-order chi connectivity index (χ0) is 16.4. The summed E-state index contributed by atoms with van der Waals surface area (Å²) in [6.45, 7) is 7.82. The van der Waals surface area contributed by atoms with E-state index in [0.29, 0.717) is 27.2 Å². The summed E-state index contributed by atoms with van der Waals surface area (Å²) in [6, 6.07) is 0. The van der Waals surface area contributed by atoms with E-state index in [0.717, 1.165) is 25.6 Å². The van der Waals surface area contributed by atoms with Crippen LogP contribution in [-0.4, -0.2) is 47.0 Å². The SMILES string of the molecule is Cc1c(C(=O)NCCN2CCC(C)CC2)sc2nc[nH]c(=O)c12. The highest BCUT2D eigenvalue weighted by molar-refractivity contribution is 7.20. The van der Waals surface area contributed by atoms with Crippen LogP contribution in [-0.2, 0) is 0 Å². The van der Waals surface area contributed by atoms with Crippen LogP contribution in [0.4, 0.5) is 0 Å². The predicted octanol–water partition coefficient (Wildman–Crippen LogP) is 1.75. The van der Waals surface area contributed by atoms with Crippen LogP contribution in [0.3, 0.4) is 0 Å². The molecule has 0 spiro atoms. The Morgan fingerprint density at radius 1 is 1.48 bits per heavy atom. The summed E-state index contributed by atoms with van der Waals surface area (Å²) in [4.78, 5) is 34.5. The lowest BCUT2D eigenvalue weighted by molar-refractivity contribution is 0.0948. The summed E-state index contributed by atoms with van der Waals surface area (Å²) in [5.74, 6) is 0.697. The first-order chi connectivity index (χ1) is 11.1. The Morgan fingerprint density at radius 3 is 2.91 bits per heavy atom. The number of fused-ring (bicyclic) bond motifs is 1. The molecule has 1 saturated heterocycles. The van der Waals surface area contributed by atoms with Crippen molar-refractivity contribution in [2.45, 2.75) is 26.7 Å². The van der Waals surface area contributed by atoms with Crippen molar-refractivity contribution in [2.75, 3.05) is 26.2 Å². The number of hydrogen-bond donors (Lipinski definition) is 2. The van der Waals surface area contributed by atoms with Gasteiger partial charge in [-0.2, -0.15) is 0 Å². The number of hydrogen-bond acceptors (Lipinski definition) is 5. The molecule has 2 aromatic rings. The zero-order valence-corrected chi connectivity index (χ0v) is 14.3. The van der Waals surface area contributed by atoms with Crippen LogP contribution in [0.25, 0.3) is 10.2 Å². The molecule has 1 amide bonds. The minimum Gasteiger partial charge on any atom is -0.350 e. The summed E-state index contributed by atoms with van der Waals surface area (Å²) in [6.07, 6.45) is 3.84. The molecule has 3 heterocycles. The molecule has 0 aromatic carbocycles. The van der Waals surface area contributed by atoms with E-state index in [-0.39, 0.29) is 11.5 Å². The lowest BCUT2D eigenvalue weighted by Crippen LogP contribution is -2.39. The number of nitrogens with zero attached hydrogens (tertiary/aromatic N) is 2. The predicted molar refractivity (Wildman–Crippen MR) is 92.1 cm³/mol. The first-order valence-electron chi connectivity index (χ1n) is 8.03. The summed E-state index contributed by atoms with van der Waals surface area (Å²) < 4.78 is 0. The molecule has 7 heteroatoms. The van der Waals surface area contributed by atoms with Gasteiger partial charge in [0.15, 0.2) is 0 Å². The van der Waals surface area contributed by atoms with E-state index in [4.69, 9.17) is 0 Å². The molecule has 3 rings (SSSR count). The van der Waals surface area contributed by atoms with Crippen LogP contribution >= 0.6 is 11.3 Å². The molecule has 0 radical (unpaired) electrons. The average molecular weight is 334 g/mol. The van der Waals surface area contributed by atoms with Gasteiger partial charge in [0.2, 0.25) is 0 Å². The topological polar surface area (TPSA) is 78.1 Å². The van der Waals surface area contributed by atoms with Crippen molar-refractivity contribution in [3.63, 3.8) is 0 Å². The van der Waals surface area contributed by atoms with E-state index >= 15 is 0 Å². The van der Waals surface area contributed by atoms with Crippen LogP contribution < -0.4 is 10.9 Å². The maximum atomic E-state index is 12.4. The Balaban J connectivity index is 1.62. The molecule has 1 fully saturated rings. The summed E-state index contributed by atoms with van der Waals surface area (Å²) in [5, 5.41) is 3.49. The number of piperidine rings is 1. The van der Waals surface area contributed by atoms with E-state index in [1.54, 1.807) is 6.92 Å². The van der Waals surface area contributed by atoms with Crippen LogP contribution in [0.2, 0.25) is 0 Å². The highest BCUT2D eigenvalue weighted by atomic mass is 32.1. The maximum Gasteiger partial charge on any atom is 0.261 e. The summed E-state index contributed by atoms with van der Waals surface area (Å²) >= 11 is 1.28. The molecular weight excluding hydrogens is 312 g/mol. The maximum absolute atomic E-state index is 12.4. The monoisotopic (exact) mass is 334 g/mol. The second-order valence-electron chi connectivity index (χ2n) is 6.25. The second-order valence-corrected chi connectivity index (χ2v) is 7.25. The Labute approximate surface area is 138 Å². The van der Waals surface area contributed by atoms with Gasteiger partial charge in [-0.1, -0.05) is 6.92 Å².